The van der Waals surface area contributed by atoms with Gasteiger partial charge in [0.2, 0.25) is 5.91 Å². The molecule has 1 saturated heterocycles. The van der Waals surface area contributed by atoms with Gasteiger partial charge in [0.1, 0.15) is 6.61 Å². The third kappa shape index (κ3) is 5.51. The van der Waals surface area contributed by atoms with Crippen LogP contribution in [0.1, 0.15) is 11.1 Å². The zero-order chi connectivity index (χ0) is 20.6. The summed E-state index contributed by atoms with van der Waals surface area (Å²) >= 11 is 0. The lowest BCUT2D eigenvalue weighted by molar-refractivity contribution is -0.130. The summed E-state index contributed by atoms with van der Waals surface area (Å²) in [7, 11) is 3.14. The largest absolute Gasteiger partial charge is 0.493 e. The number of benzene rings is 2. The molecule has 2 aromatic carbocycles. The average molecular weight is 396 g/mol. The number of nitrogens with zero attached hydrogens (tertiary/aromatic N) is 1. The lowest BCUT2D eigenvalue weighted by Gasteiger charge is -2.38. The maximum absolute atomic E-state index is 12.3. The predicted octanol–water partition coefficient (Wildman–Crippen LogP) is 2.85. The van der Waals surface area contributed by atoms with E-state index in [0.29, 0.717) is 24.6 Å². The fraction of sp³-hybridized carbons (Fsp3) is 0.273. The number of hydrogen-bond donors (Lipinski definition) is 1. The fourth-order valence-corrected chi connectivity index (χ4v) is 2.91. The van der Waals surface area contributed by atoms with Crippen molar-refractivity contribution in [2.24, 2.45) is 0 Å². The van der Waals surface area contributed by atoms with Gasteiger partial charge in [0.15, 0.2) is 11.5 Å². The molecule has 0 aromatic heterocycles. The maximum Gasteiger partial charge on any atom is 0.407 e. The topological polar surface area (TPSA) is 77.1 Å². The zero-order valence-electron chi connectivity index (χ0n) is 16.5. The highest BCUT2D eigenvalue weighted by Gasteiger charge is 2.30. The molecule has 29 heavy (non-hydrogen) atoms. The Balaban J connectivity index is 1.41. The summed E-state index contributed by atoms with van der Waals surface area (Å²) in [5, 5.41) is 2.76. The van der Waals surface area contributed by atoms with E-state index in [0.717, 1.165) is 11.1 Å². The fourth-order valence-electron chi connectivity index (χ4n) is 2.91. The Bertz CT molecular complexity index is 876. The quantitative estimate of drug-likeness (QED) is 0.729. The monoisotopic (exact) mass is 396 g/mol. The Morgan fingerprint density at radius 1 is 1.07 bits per heavy atom. The van der Waals surface area contributed by atoms with Gasteiger partial charge in [0, 0.05) is 19.2 Å². The normalized spacial score (nSPS) is 13.7. The SMILES string of the molecule is COc1ccc(/C=C/C(=O)N2CC(NC(=O)OCc3ccccc3)C2)cc1OC. The van der Waals surface area contributed by atoms with Gasteiger partial charge < -0.3 is 24.4 Å². The number of alkyl carbamates (subject to hydrolysis) is 1. The molecule has 1 heterocycles. The van der Waals surface area contributed by atoms with E-state index in [9.17, 15) is 9.59 Å². The molecule has 0 atom stereocenters. The molecular formula is C22H24N2O5. The van der Waals surface area contributed by atoms with E-state index in [2.05, 4.69) is 5.32 Å². The van der Waals surface area contributed by atoms with Crippen molar-refractivity contribution in [1.29, 1.82) is 0 Å². The molecule has 2 aromatic rings. The van der Waals surface area contributed by atoms with Gasteiger partial charge in [-0.1, -0.05) is 36.4 Å². The molecule has 1 aliphatic heterocycles. The van der Waals surface area contributed by atoms with E-state index in [1.54, 1.807) is 37.3 Å². The number of likely N-dealkylation sites (tertiary alicyclic amines) is 1. The van der Waals surface area contributed by atoms with Crippen LogP contribution in [0, 0.1) is 0 Å². The third-order valence-corrected chi connectivity index (χ3v) is 4.55. The van der Waals surface area contributed by atoms with E-state index in [-0.39, 0.29) is 18.6 Å². The van der Waals surface area contributed by atoms with E-state index in [1.807, 2.05) is 36.4 Å². The minimum Gasteiger partial charge on any atom is -0.493 e. The van der Waals surface area contributed by atoms with Crippen molar-refractivity contribution in [2.75, 3.05) is 27.3 Å². The first kappa shape index (κ1) is 20.3. The minimum atomic E-state index is -0.480. The van der Waals surface area contributed by atoms with Gasteiger partial charge in [0.05, 0.1) is 20.3 Å². The standard InChI is InChI=1S/C22H24N2O5/c1-27-19-10-8-16(12-20(19)28-2)9-11-21(25)24-13-18(14-24)23-22(26)29-15-17-6-4-3-5-7-17/h3-12,18H,13-15H2,1-2H3,(H,23,26)/b11-9+. The van der Waals surface area contributed by atoms with Crippen LogP contribution in [0.2, 0.25) is 0 Å². The second kappa shape index (κ2) is 9.64. The van der Waals surface area contributed by atoms with Gasteiger partial charge >= 0.3 is 6.09 Å². The first-order chi connectivity index (χ1) is 14.1. The average Bonchev–Trinajstić information content (AvgIpc) is 2.73. The molecule has 3 rings (SSSR count). The number of rotatable bonds is 7. The van der Waals surface area contributed by atoms with Crippen LogP contribution in [0.15, 0.2) is 54.6 Å². The Hall–Kier alpha value is -3.48. The molecule has 2 amide bonds. The van der Waals surface area contributed by atoms with Gasteiger partial charge in [-0.15, -0.1) is 0 Å². The Labute approximate surface area is 169 Å². The van der Waals surface area contributed by atoms with Gasteiger partial charge in [0.25, 0.3) is 0 Å². The number of hydrogen-bond acceptors (Lipinski definition) is 5. The predicted molar refractivity (Wildman–Crippen MR) is 109 cm³/mol. The highest BCUT2D eigenvalue weighted by Crippen LogP contribution is 2.28. The highest BCUT2D eigenvalue weighted by atomic mass is 16.5. The molecule has 7 nitrogen and oxygen atoms in total. The maximum atomic E-state index is 12.3. The summed E-state index contributed by atoms with van der Waals surface area (Å²) in [5.41, 5.74) is 1.75. The minimum absolute atomic E-state index is 0.100. The van der Waals surface area contributed by atoms with E-state index in [4.69, 9.17) is 14.2 Å². The number of carbonyl (C=O) groups excluding carboxylic acids is 2. The van der Waals surface area contributed by atoms with Crippen LogP contribution >= 0.6 is 0 Å². The summed E-state index contributed by atoms with van der Waals surface area (Å²) in [6.07, 6.45) is 2.75. The molecule has 0 radical (unpaired) electrons. The van der Waals surface area contributed by atoms with Crippen molar-refractivity contribution in [1.82, 2.24) is 10.2 Å². The number of methoxy groups -OCH3 is 2. The first-order valence-electron chi connectivity index (χ1n) is 9.25. The molecule has 1 aliphatic rings. The lowest BCUT2D eigenvalue weighted by atomic mass is 10.1. The second-order valence-corrected chi connectivity index (χ2v) is 6.59. The van der Waals surface area contributed by atoms with Crippen LogP contribution in [0.4, 0.5) is 4.79 Å². The van der Waals surface area contributed by atoms with Crippen molar-refractivity contribution in [3.8, 4) is 11.5 Å². The van der Waals surface area contributed by atoms with Gasteiger partial charge in [-0.2, -0.15) is 0 Å². The number of ether oxygens (including phenoxy) is 3. The van der Waals surface area contributed by atoms with Crippen LogP contribution in [0.5, 0.6) is 11.5 Å². The molecule has 1 N–H and O–H groups in total. The smallest absolute Gasteiger partial charge is 0.407 e. The van der Waals surface area contributed by atoms with Crippen molar-refractivity contribution in [2.45, 2.75) is 12.6 Å². The molecule has 0 bridgehead atoms. The summed E-state index contributed by atoms with van der Waals surface area (Å²) in [6.45, 7) is 1.13. The van der Waals surface area contributed by atoms with E-state index >= 15 is 0 Å². The summed E-state index contributed by atoms with van der Waals surface area (Å²) in [4.78, 5) is 25.8. The van der Waals surface area contributed by atoms with E-state index in [1.165, 1.54) is 6.08 Å². The van der Waals surface area contributed by atoms with Crippen molar-refractivity contribution < 1.29 is 23.8 Å². The molecular weight excluding hydrogens is 372 g/mol. The first-order valence-corrected chi connectivity index (χ1v) is 9.25. The number of amides is 2. The van der Waals surface area contributed by atoms with Crippen LogP contribution in [0.25, 0.3) is 6.08 Å². The third-order valence-electron chi connectivity index (χ3n) is 4.55. The summed E-state index contributed by atoms with van der Waals surface area (Å²) in [6, 6.07) is 14.8. The Morgan fingerprint density at radius 3 is 2.48 bits per heavy atom. The molecule has 0 unspecified atom stereocenters. The van der Waals surface area contributed by atoms with Crippen LogP contribution in [-0.2, 0) is 16.1 Å². The van der Waals surface area contributed by atoms with Crippen molar-refractivity contribution >= 4 is 18.1 Å². The zero-order valence-corrected chi connectivity index (χ0v) is 16.5. The van der Waals surface area contributed by atoms with Gasteiger partial charge in [-0.05, 0) is 29.3 Å². The Morgan fingerprint density at radius 2 is 1.79 bits per heavy atom. The number of nitrogens with one attached hydrogen (secondary N) is 1. The molecule has 152 valence electrons. The molecule has 1 fully saturated rings. The summed E-state index contributed by atoms with van der Waals surface area (Å²) < 4.78 is 15.6. The number of carbonyl (C=O) groups is 2. The molecule has 0 saturated carbocycles. The molecule has 0 spiro atoms. The van der Waals surface area contributed by atoms with Gasteiger partial charge in [-0.25, -0.2) is 4.79 Å². The highest BCUT2D eigenvalue weighted by molar-refractivity contribution is 5.92. The van der Waals surface area contributed by atoms with Crippen molar-refractivity contribution in [3.05, 3.63) is 65.7 Å². The molecule has 7 heteroatoms. The van der Waals surface area contributed by atoms with Crippen LogP contribution in [-0.4, -0.2) is 50.3 Å². The Kier molecular flexibility index (Phi) is 6.73. The van der Waals surface area contributed by atoms with Crippen LogP contribution in [0.3, 0.4) is 0 Å². The summed E-state index contributed by atoms with van der Waals surface area (Å²) in [5.74, 6) is 1.12. The molecule has 0 aliphatic carbocycles. The second-order valence-electron chi connectivity index (χ2n) is 6.59. The van der Waals surface area contributed by atoms with E-state index < -0.39 is 6.09 Å². The van der Waals surface area contributed by atoms with Gasteiger partial charge in [-0.3, -0.25) is 4.79 Å². The van der Waals surface area contributed by atoms with Crippen LogP contribution < -0.4 is 14.8 Å². The lowest BCUT2D eigenvalue weighted by Crippen LogP contribution is -2.60. The van der Waals surface area contributed by atoms with Crippen molar-refractivity contribution in [3.63, 3.8) is 0 Å².